The van der Waals surface area contributed by atoms with E-state index in [4.69, 9.17) is 21.9 Å². The van der Waals surface area contributed by atoms with Gasteiger partial charge in [0.05, 0.1) is 17.9 Å². The molecule has 0 atom stereocenters. The van der Waals surface area contributed by atoms with Crippen molar-refractivity contribution in [1.29, 1.82) is 0 Å². The van der Waals surface area contributed by atoms with Gasteiger partial charge in [-0.25, -0.2) is 0 Å². The van der Waals surface area contributed by atoms with Crippen molar-refractivity contribution in [3.05, 3.63) is 52.8 Å². The molecule has 3 rings (SSSR count). The van der Waals surface area contributed by atoms with E-state index in [9.17, 15) is 18.0 Å². The molecule has 0 bridgehead atoms. The number of ether oxygens (including phenoxy) is 1. The molecule has 30 heavy (non-hydrogen) atoms. The molecule has 1 aliphatic heterocycles. The van der Waals surface area contributed by atoms with E-state index in [2.05, 4.69) is 14.1 Å². The summed E-state index contributed by atoms with van der Waals surface area (Å²) in [5, 5.41) is 0. The highest BCUT2D eigenvalue weighted by Gasteiger charge is 2.33. The molecule has 1 aromatic carbocycles. The molecule has 7 N–H and O–H groups in total. The Labute approximate surface area is 172 Å². The Balaban J connectivity index is 2.01. The van der Waals surface area contributed by atoms with Gasteiger partial charge in [-0.2, -0.15) is 8.42 Å². The first-order valence-corrected chi connectivity index (χ1v) is 10.1. The first kappa shape index (κ1) is 21.0. The zero-order chi connectivity index (χ0) is 22.3. The van der Waals surface area contributed by atoms with Gasteiger partial charge in [-0.05, 0) is 18.2 Å². The highest BCUT2D eigenvalue weighted by Crippen LogP contribution is 2.34. The molecule has 0 unspecified atom stereocenters. The van der Waals surface area contributed by atoms with Crippen molar-refractivity contribution in [2.24, 2.45) is 21.6 Å². The lowest BCUT2D eigenvalue weighted by atomic mass is 9.81. The van der Waals surface area contributed by atoms with Crippen molar-refractivity contribution < 1.29 is 22.7 Å². The van der Waals surface area contributed by atoms with Crippen LogP contribution in [0, 0.1) is 0 Å². The van der Waals surface area contributed by atoms with Gasteiger partial charge < -0.3 is 21.9 Å². The van der Waals surface area contributed by atoms with E-state index in [1.54, 1.807) is 26.0 Å². The SMILES string of the molecule is CC(C)(COc1cccc2c1C(N)=NS(=O)(=O)N2)c1c(C(N)=O)ccnc1C(N)=O. The number of carbonyl (C=O) groups is 2. The number of pyridine rings is 1. The third-order valence-electron chi connectivity index (χ3n) is 4.45. The van der Waals surface area contributed by atoms with E-state index in [0.29, 0.717) is 0 Å². The maximum absolute atomic E-state index is 11.9. The van der Waals surface area contributed by atoms with Gasteiger partial charge in [0.1, 0.15) is 11.4 Å². The quantitative estimate of drug-likeness (QED) is 0.493. The van der Waals surface area contributed by atoms with Crippen LogP contribution < -0.4 is 26.7 Å². The average Bonchev–Trinajstić information content (AvgIpc) is 2.64. The number of anilines is 1. The number of nitrogens with zero attached hydrogens (tertiary/aromatic N) is 2. The number of hydrogen-bond acceptors (Lipinski definition) is 7. The van der Waals surface area contributed by atoms with Crippen molar-refractivity contribution in [2.75, 3.05) is 11.3 Å². The summed E-state index contributed by atoms with van der Waals surface area (Å²) in [7, 11) is -3.93. The van der Waals surface area contributed by atoms with Crippen molar-refractivity contribution >= 4 is 33.5 Å². The topological polar surface area (TPSA) is 193 Å². The second-order valence-corrected chi connectivity index (χ2v) is 8.55. The van der Waals surface area contributed by atoms with Gasteiger partial charge >= 0.3 is 10.2 Å². The predicted molar refractivity (Wildman–Crippen MR) is 110 cm³/mol. The number of amidine groups is 1. The second kappa shape index (κ2) is 7.30. The van der Waals surface area contributed by atoms with Crippen LogP contribution in [0.4, 0.5) is 5.69 Å². The summed E-state index contributed by atoms with van der Waals surface area (Å²) in [4.78, 5) is 27.8. The summed E-state index contributed by atoms with van der Waals surface area (Å²) in [6.07, 6.45) is 1.28. The molecular formula is C18H20N6O5S. The molecule has 2 heterocycles. The number of fused-ring (bicyclic) bond motifs is 1. The van der Waals surface area contributed by atoms with E-state index < -0.39 is 27.4 Å². The summed E-state index contributed by atoms with van der Waals surface area (Å²) in [5.74, 6) is -1.53. The molecular weight excluding hydrogens is 412 g/mol. The molecule has 11 nitrogen and oxygen atoms in total. The fourth-order valence-corrected chi connectivity index (χ4v) is 4.05. The lowest BCUT2D eigenvalue weighted by Crippen LogP contribution is -2.34. The second-order valence-electron chi connectivity index (χ2n) is 7.22. The number of nitrogens with one attached hydrogen (secondary N) is 1. The van der Waals surface area contributed by atoms with Crippen molar-refractivity contribution in [2.45, 2.75) is 19.3 Å². The van der Waals surface area contributed by atoms with E-state index >= 15 is 0 Å². The van der Waals surface area contributed by atoms with Crippen molar-refractivity contribution in [1.82, 2.24) is 4.98 Å². The molecule has 12 heteroatoms. The molecule has 0 saturated carbocycles. The summed E-state index contributed by atoms with van der Waals surface area (Å²) < 4.78 is 35.1. The molecule has 1 aromatic heterocycles. The van der Waals surface area contributed by atoms with E-state index in [1.165, 1.54) is 18.3 Å². The largest absolute Gasteiger partial charge is 0.492 e. The Kier molecular flexibility index (Phi) is 5.12. The van der Waals surface area contributed by atoms with Gasteiger partial charge in [-0.1, -0.05) is 19.9 Å². The van der Waals surface area contributed by atoms with Crippen LogP contribution in [0.5, 0.6) is 5.75 Å². The molecule has 0 saturated heterocycles. The number of aromatic nitrogens is 1. The first-order valence-electron chi connectivity index (χ1n) is 8.66. The minimum Gasteiger partial charge on any atom is -0.492 e. The minimum atomic E-state index is -3.93. The number of benzene rings is 1. The molecule has 1 aliphatic rings. The lowest BCUT2D eigenvalue weighted by Gasteiger charge is -2.29. The zero-order valence-corrected chi connectivity index (χ0v) is 17.0. The van der Waals surface area contributed by atoms with Gasteiger partial charge in [0.2, 0.25) is 5.91 Å². The zero-order valence-electron chi connectivity index (χ0n) is 16.2. The van der Waals surface area contributed by atoms with Crippen LogP contribution in [-0.4, -0.2) is 37.7 Å². The first-order chi connectivity index (χ1) is 13.9. The summed E-state index contributed by atoms with van der Waals surface area (Å²) in [6, 6.07) is 6.08. The Morgan fingerprint density at radius 1 is 1.17 bits per heavy atom. The minimum absolute atomic E-state index is 0.0459. The lowest BCUT2D eigenvalue weighted by molar-refractivity contribution is 0.0990. The summed E-state index contributed by atoms with van der Waals surface area (Å²) in [5.41, 5.74) is 16.5. The summed E-state index contributed by atoms with van der Waals surface area (Å²) >= 11 is 0. The third kappa shape index (κ3) is 3.89. The Hall–Kier alpha value is -3.67. The molecule has 2 amide bonds. The number of nitrogens with two attached hydrogens (primary N) is 3. The smallest absolute Gasteiger partial charge is 0.344 e. The van der Waals surface area contributed by atoms with Crippen molar-refractivity contribution in [3.8, 4) is 5.75 Å². The van der Waals surface area contributed by atoms with Crippen LogP contribution in [0.3, 0.4) is 0 Å². The highest BCUT2D eigenvalue weighted by atomic mass is 32.2. The monoisotopic (exact) mass is 432 g/mol. The van der Waals surface area contributed by atoms with Crippen LogP contribution in [-0.2, 0) is 15.6 Å². The van der Waals surface area contributed by atoms with Crippen LogP contribution in [0.15, 0.2) is 34.9 Å². The predicted octanol–water partition coefficient (Wildman–Crippen LogP) is 0.0116. The Morgan fingerprint density at radius 3 is 2.50 bits per heavy atom. The van der Waals surface area contributed by atoms with Gasteiger partial charge in [0, 0.05) is 22.7 Å². The van der Waals surface area contributed by atoms with E-state index in [1.807, 2.05) is 0 Å². The molecule has 2 aromatic rings. The van der Waals surface area contributed by atoms with Crippen LogP contribution >= 0.6 is 0 Å². The van der Waals surface area contributed by atoms with Gasteiger partial charge in [0.25, 0.3) is 5.91 Å². The van der Waals surface area contributed by atoms with Gasteiger partial charge in [-0.3, -0.25) is 19.3 Å². The molecule has 0 aliphatic carbocycles. The maximum atomic E-state index is 11.9. The van der Waals surface area contributed by atoms with Crippen LogP contribution in [0.1, 0.15) is 45.8 Å². The third-order valence-corrected chi connectivity index (χ3v) is 5.37. The fraction of sp³-hybridized carbons (Fsp3) is 0.222. The van der Waals surface area contributed by atoms with Crippen molar-refractivity contribution in [3.63, 3.8) is 0 Å². The average molecular weight is 432 g/mol. The normalized spacial score (nSPS) is 14.8. The van der Waals surface area contributed by atoms with Crippen LogP contribution in [0.2, 0.25) is 0 Å². The van der Waals surface area contributed by atoms with E-state index in [0.717, 1.165) is 0 Å². The van der Waals surface area contributed by atoms with Gasteiger partial charge in [-0.15, -0.1) is 4.40 Å². The van der Waals surface area contributed by atoms with Gasteiger partial charge in [0.15, 0.2) is 5.84 Å². The molecule has 158 valence electrons. The number of primary amides is 2. The highest BCUT2D eigenvalue weighted by molar-refractivity contribution is 7.91. The number of amides is 2. The number of rotatable bonds is 6. The fourth-order valence-electron chi connectivity index (χ4n) is 3.21. The number of hydrogen-bond donors (Lipinski definition) is 4. The Bertz CT molecular complexity index is 1160. The maximum Gasteiger partial charge on any atom is 0.344 e. The standard InChI is InChI=1S/C18H20N6O5S/c1-18(2,13-9(16(20)25)6-7-22-14(13)17(21)26)8-29-11-5-3-4-10-12(11)15(19)24-30(27,28)23-10/h3-7,23H,8H2,1-2H3,(H2,19,24)(H2,20,25)(H2,21,26). The van der Waals surface area contributed by atoms with E-state index in [-0.39, 0.29) is 46.3 Å². The molecule has 0 radical (unpaired) electrons. The number of carbonyl (C=O) groups excluding carboxylic acids is 2. The summed E-state index contributed by atoms with van der Waals surface area (Å²) in [6.45, 7) is 3.40. The molecule has 0 fully saturated rings. The Morgan fingerprint density at radius 2 is 1.87 bits per heavy atom. The molecule has 0 spiro atoms. The van der Waals surface area contributed by atoms with Crippen LogP contribution in [0.25, 0.3) is 0 Å².